The fraction of sp³-hybridized carbons (Fsp3) is 0.250. The Morgan fingerprint density at radius 3 is 2.41 bits per heavy atom. The van der Waals surface area contributed by atoms with Crippen LogP contribution in [-0.4, -0.2) is 33.3 Å². The Morgan fingerprint density at radius 1 is 1.06 bits per heavy atom. The van der Waals surface area contributed by atoms with E-state index in [9.17, 15) is 14.7 Å². The van der Waals surface area contributed by atoms with E-state index in [4.69, 9.17) is 4.74 Å². The van der Waals surface area contributed by atoms with Crippen molar-refractivity contribution in [3.05, 3.63) is 101 Å². The van der Waals surface area contributed by atoms with Gasteiger partial charge in [0.05, 0.1) is 18.2 Å². The van der Waals surface area contributed by atoms with Crippen LogP contribution in [0.1, 0.15) is 55.0 Å². The summed E-state index contributed by atoms with van der Waals surface area (Å²) < 4.78 is 5.74. The highest BCUT2D eigenvalue weighted by Crippen LogP contribution is 2.41. The minimum Gasteiger partial charge on any atom is -0.507 e. The van der Waals surface area contributed by atoms with Gasteiger partial charge in [-0.05, 0) is 59.9 Å². The van der Waals surface area contributed by atoms with E-state index in [0.29, 0.717) is 12.2 Å². The van der Waals surface area contributed by atoms with Crippen molar-refractivity contribution in [1.82, 2.24) is 9.88 Å². The van der Waals surface area contributed by atoms with Crippen molar-refractivity contribution in [3.63, 3.8) is 0 Å². The Labute approximate surface area is 199 Å². The number of ketones is 1. The fourth-order valence-electron chi connectivity index (χ4n) is 4.30. The highest BCUT2D eigenvalue weighted by molar-refractivity contribution is 6.46. The van der Waals surface area contributed by atoms with Gasteiger partial charge >= 0.3 is 0 Å². The van der Waals surface area contributed by atoms with E-state index in [1.807, 2.05) is 69.3 Å². The fourth-order valence-corrected chi connectivity index (χ4v) is 4.30. The number of hydrogen-bond donors (Lipinski definition) is 1. The maximum atomic E-state index is 13.2. The molecule has 1 aliphatic heterocycles. The zero-order valence-corrected chi connectivity index (χ0v) is 19.6. The molecule has 174 valence electrons. The molecule has 1 fully saturated rings. The maximum Gasteiger partial charge on any atom is 0.295 e. The molecule has 0 spiro atoms. The van der Waals surface area contributed by atoms with E-state index >= 15 is 0 Å². The van der Waals surface area contributed by atoms with Crippen LogP contribution in [0, 0.1) is 0 Å². The van der Waals surface area contributed by atoms with Crippen LogP contribution in [0.4, 0.5) is 0 Å². The second-order valence-corrected chi connectivity index (χ2v) is 8.53. The van der Waals surface area contributed by atoms with Crippen molar-refractivity contribution >= 4 is 17.4 Å². The highest BCUT2D eigenvalue weighted by atomic mass is 16.5. The topological polar surface area (TPSA) is 79.7 Å². The quantitative estimate of drug-likeness (QED) is 0.299. The van der Waals surface area contributed by atoms with Crippen LogP contribution < -0.4 is 4.74 Å². The molecule has 2 aromatic carbocycles. The zero-order valence-electron chi connectivity index (χ0n) is 19.6. The number of aliphatic hydroxyl groups is 1. The number of Topliss-reactive ketones (excluding diaryl/α,β-unsaturated/α-hetero) is 1. The van der Waals surface area contributed by atoms with Crippen molar-refractivity contribution in [2.24, 2.45) is 0 Å². The molecule has 1 amide bonds. The van der Waals surface area contributed by atoms with Crippen molar-refractivity contribution in [1.29, 1.82) is 0 Å². The van der Waals surface area contributed by atoms with Crippen LogP contribution >= 0.6 is 0 Å². The molecule has 1 unspecified atom stereocenters. The van der Waals surface area contributed by atoms with Crippen molar-refractivity contribution in [2.75, 3.05) is 6.61 Å². The van der Waals surface area contributed by atoms with E-state index in [0.717, 1.165) is 22.4 Å². The predicted octanol–water partition coefficient (Wildman–Crippen LogP) is 5.23. The van der Waals surface area contributed by atoms with E-state index in [-0.39, 0.29) is 23.8 Å². The van der Waals surface area contributed by atoms with Gasteiger partial charge in [0.2, 0.25) is 0 Å². The molecule has 0 aliphatic carbocycles. The first-order valence-corrected chi connectivity index (χ1v) is 11.4. The summed E-state index contributed by atoms with van der Waals surface area (Å²) in [6.45, 7) is 6.75. The van der Waals surface area contributed by atoms with Gasteiger partial charge in [-0.3, -0.25) is 14.6 Å². The van der Waals surface area contributed by atoms with Crippen LogP contribution in [0.5, 0.6) is 5.75 Å². The lowest BCUT2D eigenvalue weighted by molar-refractivity contribution is -0.140. The number of rotatable bonds is 7. The summed E-state index contributed by atoms with van der Waals surface area (Å²) in [6.07, 6.45) is 3.30. The predicted molar refractivity (Wildman–Crippen MR) is 130 cm³/mol. The molecule has 4 rings (SSSR count). The third-order valence-electron chi connectivity index (χ3n) is 5.96. The minimum absolute atomic E-state index is 0.0872. The SMILES string of the molecule is CCOc1ccc(/C(O)=C2/C(=O)C(=O)N(Cc3ccncc3)C2c2ccccc2)cc1C(C)C. The Bertz CT molecular complexity index is 1220. The summed E-state index contributed by atoms with van der Waals surface area (Å²) in [5.74, 6) is -0.628. The maximum absolute atomic E-state index is 13.2. The number of aromatic nitrogens is 1. The van der Waals surface area contributed by atoms with Gasteiger partial charge in [0.15, 0.2) is 0 Å². The lowest BCUT2D eigenvalue weighted by Crippen LogP contribution is -2.29. The number of pyridine rings is 1. The number of carbonyl (C=O) groups excluding carboxylic acids is 2. The minimum atomic E-state index is -0.705. The zero-order chi connectivity index (χ0) is 24.2. The first kappa shape index (κ1) is 23.2. The van der Waals surface area contributed by atoms with Gasteiger partial charge in [-0.2, -0.15) is 0 Å². The summed E-state index contributed by atoms with van der Waals surface area (Å²) in [4.78, 5) is 31.9. The molecule has 2 heterocycles. The number of aliphatic hydroxyl groups excluding tert-OH is 1. The molecule has 1 saturated heterocycles. The summed E-state index contributed by atoms with van der Waals surface area (Å²) in [5, 5.41) is 11.4. The van der Waals surface area contributed by atoms with E-state index in [1.165, 1.54) is 4.90 Å². The molecule has 1 atom stereocenters. The summed E-state index contributed by atoms with van der Waals surface area (Å²) in [6, 6.07) is 17.6. The lowest BCUT2D eigenvalue weighted by Gasteiger charge is -2.25. The molecule has 0 radical (unpaired) electrons. The number of nitrogens with zero attached hydrogens (tertiary/aromatic N) is 2. The van der Waals surface area contributed by atoms with Crippen molar-refractivity contribution in [3.8, 4) is 5.75 Å². The smallest absolute Gasteiger partial charge is 0.295 e. The first-order valence-electron chi connectivity index (χ1n) is 11.4. The average molecular weight is 457 g/mol. The first-order chi connectivity index (χ1) is 16.4. The number of likely N-dealkylation sites (tertiary alicyclic amines) is 1. The molecule has 0 bridgehead atoms. The van der Waals surface area contributed by atoms with Gasteiger partial charge in [0.1, 0.15) is 11.5 Å². The van der Waals surface area contributed by atoms with Crippen LogP contribution in [0.3, 0.4) is 0 Å². The molecule has 1 aromatic heterocycles. The lowest BCUT2D eigenvalue weighted by atomic mass is 9.93. The van der Waals surface area contributed by atoms with Crippen molar-refractivity contribution < 1.29 is 19.4 Å². The van der Waals surface area contributed by atoms with Crippen LogP contribution in [-0.2, 0) is 16.1 Å². The number of amides is 1. The summed E-state index contributed by atoms with van der Waals surface area (Å²) in [7, 11) is 0. The van der Waals surface area contributed by atoms with E-state index < -0.39 is 17.7 Å². The molecule has 6 nitrogen and oxygen atoms in total. The molecular formula is C28H28N2O4. The Balaban J connectivity index is 1.85. The van der Waals surface area contributed by atoms with Crippen LogP contribution in [0.15, 0.2) is 78.6 Å². The van der Waals surface area contributed by atoms with E-state index in [2.05, 4.69) is 4.98 Å². The molecule has 1 aliphatic rings. The number of benzene rings is 2. The Kier molecular flexibility index (Phi) is 6.77. The number of carbonyl (C=O) groups is 2. The second-order valence-electron chi connectivity index (χ2n) is 8.53. The molecule has 34 heavy (non-hydrogen) atoms. The molecule has 3 aromatic rings. The molecule has 6 heteroatoms. The number of ether oxygens (including phenoxy) is 1. The summed E-state index contributed by atoms with van der Waals surface area (Å²) in [5.41, 5.74) is 3.10. The second kappa shape index (κ2) is 9.91. The largest absolute Gasteiger partial charge is 0.507 e. The van der Waals surface area contributed by atoms with Gasteiger partial charge < -0.3 is 14.7 Å². The van der Waals surface area contributed by atoms with Crippen LogP contribution in [0.25, 0.3) is 5.76 Å². The normalized spacial score (nSPS) is 17.4. The average Bonchev–Trinajstić information content (AvgIpc) is 3.10. The van der Waals surface area contributed by atoms with Gasteiger partial charge in [0.25, 0.3) is 11.7 Å². The summed E-state index contributed by atoms with van der Waals surface area (Å²) >= 11 is 0. The van der Waals surface area contributed by atoms with Crippen molar-refractivity contribution in [2.45, 2.75) is 39.3 Å². The molecule has 1 N–H and O–H groups in total. The Morgan fingerprint density at radius 2 is 1.76 bits per heavy atom. The van der Waals surface area contributed by atoms with E-state index in [1.54, 1.807) is 24.5 Å². The van der Waals surface area contributed by atoms with Gasteiger partial charge in [-0.1, -0.05) is 44.2 Å². The van der Waals surface area contributed by atoms with Gasteiger partial charge in [-0.15, -0.1) is 0 Å². The third kappa shape index (κ3) is 4.44. The van der Waals surface area contributed by atoms with Gasteiger partial charge in [-0.25, -0.2) is 0 Å². The standard InChI is InChI=1S/C28H28N2O4/c1-4-34-23-11-10-21(16-22(23)18(2)3)26(31)24-25(20-8-6-5-7-9-20)30(28(33)27(24)32)17-19-12-14-29-15-13-19/h5-16,18,25,31H,4,17H2,1-3H3/b26-24-. The molecular weight excluding hydrogens is 428 g/mol. The number of hydrogen-bond acceptors (Lipinski definition) is 5. The molecule has 0 saturated carbocycles. The Hall–Kier alpha value is -3.93. The van der Waals surface area contributed by atoms with Crippen LogP contribution in [0.2, 0.25) is 0 Å². The third-order valence-corrected chi connectivity index (χ3v) is 5.96. The monoisotopic (exact) mass is 456 g/mol. The van der Waals surface area contributed by atoms with Gasteiger partial charge in [0, 0.05) is 24.5 Å². The highest BCUT2D eigenvalue weighted by Gasteiger charge is 2.46.